The smallest absolute Gasteiger partial charge is 0.127 e. The second-order valence-corrected chi connectivity index (χ2v) is 4.85. The number of rotatable bonds is 4. The van der Waals surface area contributed by atoms with Gasteiger partial charge in [0.2, 0.25) is 0 Å². The van der Waals surface area contributed by atoms with Gasteiger partial charge in [-0.3, -0.25) is 0 Å². The minimum atomic E-state index is -0.191. The molecule has 0 bridgehead atoms. The molecule has 1 heterocycles. The molecule has 0 unspecified atom stereocenters. The Kier molecular flexibility index (Phi) is 3.79. The molecule has 0 spiro atoms. The molecule has 0 aliphatic heterocycles. The van der Waals surface area contributed by atoms with E-state index in [1.165, 1.54) is 6.07 Å². The molecule has 4 heteroatoms. The number of nitrogens with zero attached hydrogens (tertiary/aromatic N) is 2. The molecule has 0 saturated carbocycles. The van der Waals surface area contributed by atoms with Crippen molar-refractivity contribution in [2.75, 3.05) is 7.05 Å². The molecule has 2 aromatic carbocycles. The van der Waals surface area contributed by atoms with Gasteiger partial charge < -0.3 is 5.32 Å². The molecular formula is C17H16FN3. The van der Waals surface area contributed by atoms with Crippen LogP contribution < -0.4 is 5.32 Å². The van der Waals surface area contributed by atoms with Crippen molar-refractivity contribution in [3.63, 3.8) is 0 Å². The molecule has 3 rings (SSSR count). The normalized spacial score (nSPS) is 10.8. The third-order valence-electron chi connectivity index (χ3n) is 3.35. The van der Waals surface area contributed by atoms with Crippen molar-refractivity contribution in [2.45, 2.75) is 6.54 Å². The average molecular weight is 281 g/mol. The fourth-order valence-corrected chi connectivity index (χ4v) is 2.27. The first kappa shape index (κ1) is 13.5. The molecule has 1 aromatic heterocycles. The van der Waals surface area contributed by atoms with E-state index >= 15 is 0 Å². The van der Waals surface area contributed by atoms with Gasteiger partial charge >= 0.3 is 0 Å². The van der Waals surface area contributed by atoms with Crippen LogP contribution in [0.3, 0.4) is 0 Å². The van der Waals surface area contributed by atoms with E-state index in [-0.39, 0.29) is 5.82 Å². The van der Waals surface area contributed by atoms with Gasteiger partial charge in [0.25, 0.3) is 0 Å². The lowest BCUT2D eigenvalue weighted by Gasteiger charge is -2.05. The van der Waals surface area contributed by atoms with Gasteiger partial charge in [0.1, 0.15) is 5.82 Å². The Hall–Kier alpha value is -2.46. The quantitative estimate of drug-likeness (QED) is 0.794. The highest BCUT2D eigenvalue weighted by Gasteiger charge is 2.07. The maximum Gasteiger partial charge on any atom is 0.127 e. The van der Waals surface area contributed by atoms with Gasteiger partial charge in [-0.15, -0.1) is 0 Å². The summed E-state index contributed by atoms with van der Waals surface area (Å²) < 4.78 is 15.5. The molecule has 0 fully saturated rings. The highest BCUT2D eigenvalue weighted by Crippen LogP contribution is 2.22. The lowest BCUT2D eigenvalue weighted by atomic mass is 10.1. The minimum absolute atomic E-state index is 0.191. The number of hydrogen-bond donors (Lipinski definition) is 1. The summed E-state index contributed by atoms with van der Waals surface area (Å²) in [6.45, 7) is 0.506. The minimum Gasteiger partial charge on any atom is -0.316 e. The van der Waals surface area contributed by atoms with Crippen molar-refractivity contribution in [1.29, 1.82) is 0 Å². The molecule has 3 aromatic rings. The van der Waals surface area contributed by atoms with E-state index in [0.717, 1.165) is 16.8 Å². The molecule has 0 saturated heterocycles. The first-order valence-corrected chi connectivity index (χ1v) is 6.81. The van der Waals surface area contributed by atoms with Crippen molar-refractivity contribution in [1.82, 2.24) is 15.1 Å². The molecular weight excluding hydrogens is 265 g/mol. The van der Waals surface area contributed by atoms with Crippen molar-refractivity contribution in [3.8, 4) is 16.8 Å². The van der Waals surface area contributed by atoms with Crippen LogP contribution in [-0.2, 0) is 6.54 Å². The zero-order valence-electron chi connectivity index (χ0n) is 11.8. The Morgan fingerprint density at radius 3 is 2.67 bits per heavy atom. The van der Waals surface area contributed by atoms with E-state index in [4.69, 9.17) is 0 Å². The fraction of sp³-hybridized carbons (Fsp3) is 0.118. The van der Waals surface area contributed by atoms with Crippen LogP contribution >= 0.6 is 0 Å². The van der Waals surface area contributed by atoms with Crippen LogP contribution in [0.5, 0.6) is 0 Å². The lowest BCUT2D eigenvalue weighted by molar-refractivity contribution is 0.601. The van der Waals surface area contributed by atoms with E-state index in [2.05, 4.69) is 10.4 Å². The third-order valence-corrected chi connectivity index (χ3v) is 3.35. The van der Waals surface area contributed by atoms with Gasteiger partial charge in [-0.2, -0.15) is 5.10 Å². The van der Waals surface area contributed by atoms with Crippen LogP contribution in [0, 0.1) is 5.82 Å². The summed E-state index contributed by atoms with van der Waals surface area (Å²) >= 11 is 0. The Bertz CT molecular complexity index is 735. The first-order valence-electron chi connectivity index (χ1n) is 6.81. The number of hydrogen-bond acceptors (Lipinski definition) is 2. The third kappa shape index (κ3) is 2.85. The van der Waals surface area contributed by atoms with Crippen molar-refractivity contribution in [2.24, 2.45) is 0 Å². The molecule has 0 amide bonds. The van der Waals surface area contributed by atoms with Gasteiger partial charge in [0.05, 0.1) is 11.9 Å². The second-order valence-electron chi connectivity index (χ2n) is 4.85. The van der Waals surface area contributed by atoms with Crippen molar-refractivity contribution >= 4 is 0 Å². The zero-order chi connectivity index (χ0) is 14.7. The Morgan fingerprint density at radius 2 is 1.90 bits per heavy atom. The van der Waals surface area contributed by atoms with E-state index in [1.807, 2.05) is 47.3 Å². The van der Waals surface area contributed by atoms with Crippen LogP contribution in [0.15, 0.2) is 60.9 Å². The van der Waals surface area contributed by atoms with Crippen molar-refractivity contribution < 1.29 is 4.39 Å². The topological polar surface area (TPSA) is 29.9 Å². The summed E-state index contributed by atoms with van der Waals surface area (Å²) in [5, 5.41) is 7.34. The number of para-hydroxylation sites is 1. The molecule has 0 aliphatic carbocycles. The van der Waals surface area contributed by atoms with Crippen LogP contribution in [0.2, 0.25) is 0 Å². The molecule has 3 nitrogen and oxygen atoms in total. The summed E-state index contributed by atoms with van der Waals surface area (Å²) in [6, 6.07) is 15.0. The fourth-order valence-electron chi connectivity index (χ4n) is 2.27. The molecule has 1 N–H and O–H groups in total. The number of aromatic nitrogens is 2. The summed E-state index contributed by atoms with van der Waals surface area (Å²) in [6.07, 6.45) is 3.75. The average Bonchev–Trinajstić information content (AvgIpc) is 3.00. The number of halogens is 1. The Balaban J connectivity index is 1.95. The number of benzene rings is 2. The monoisotopic (exact) mass is 281 g/mol. The maximum absolute atomic E-state index is 13.7. The van der Waals surface area contributed by atoms with E-state index in [1.54, 1.807) is 19.3 Å². The van der Waals surface area contributed by atoms with Crippen LogP contribution in [-0.4, -0.2) is 16.8 Å². The van der Waals surface area contributed by atoms with Gasteiger partial charge in [-0.05, 0) is 36.9 Å². The molecule has 106 valence electrons. The van der Waals surface area contributed by atoms with E-state index < -0.39 is 0 Å². The summed E-state index contributed by atoms with van der Waals surface area (Å²) in [7, 11) is 1.81. The highest BCUT2D eigenvalue weighted by molar-refractivity contribution is 5.63. The Morgan fingerprint density at radius 1 is 1.10 bits per heavy atom. The second kappa shape index (κ2) is 5.89. The van der Waals surface area contributed by atoms with Gasteiger partial charge in [0, 0.05) is 23.9 Å². The SMILES string of the molecule is CNCc1cc(-c2cnn(-c3ccccc3)c2)ccc1F. The largest absolute Gasteiger partial charge is 0.316 e. The van der Waals surface area contributed by atoms with Gasteiger partial charge in [0.15, 0.2) is 0 Å². The lowest BCUT2D eigenvalue weighted by Crippen LogP contribution is -2.06. The summed E-state index contributed by atoms with van der Waals surface area (Å²) in [4.78, 5) is 0. The van der Waals surface area contributed by atoms with E-state index in [0.29, 0.717) is 12.1 Å². The van der Waals surface area contributed by atoms with Gasteiger partial charge in [-0.1, -0.05) is 24.3 Å². The maximum atomic E-state index is 13.7. The highest BCUT2D eigenvalue weighted by atomic mass is 19.1. The summed E-state index contributed by atoms with van der Waals surface area (Å²) in [5.74, 6) is -0.191. The Labute approximate surface area is 123 Å². The van der Waals surface area contributed by atoms with Crippen LogP contribution in [0.1, 0.15) is 5.56 Å². The predicted molar refractivity (Wildman–Crippen MR) is 81.7 cm³/mol. The van der Waals surface area contributed by atoms with Gasteiger partial charge in [-0.25, -0.2) is 9.07 Å². The first-order chi connectivity index (χ1) is 10.3. The van der Waals surface area contributed by atoms with Crippen molar-refractivity contribution in [3.05, 3.63) is 72.3 Å². The molecule has 0 aliphatic rings. The van der Waals surface area contributed by atoms with Crippen LogP contribution in [0.4, 0.5) is 4.39 Å². The van der Waals surface area contributed by atoms with E-state index in [9.17, 15) is 4.39 Å². The molecule has 0 radical (unpaired) electrons. The van der Waals surface area contributed by atoms with Crippen LogP contribution in [0.25, 0.3) is 16.8 Å². The molecule has 0 atom stereocenters. The summed E-state index contributed by atoms with van der Waals surface area (Å²) in [5.41, 5.74) is 3.59. The predicted octanol–water partition coefficient (Wildman–Crippen LogP) is 3.40. The molecule has 21 heavy (non-hydrogen) atoms. The number of nitrogens with one attached hydrogen (secondary N) is 1. The standard InChI is InChI=1S/C17H16FN3/c1-19-10-14-9-13(7-8-17(14)18)15-11-20-21(12-15)16-5-3-2-4-6-16/h2-9,11-12,19H,10H2,1H3. The zero-order valence-corrected chi connectivity index (χ0v) is 11.8.